The van der Waals surface area contributed by atoms with E-state index in [2.05, 4.69) is 27.0 Å². The minimum absolute atomic E-state index is 0.111. The maximum absolute atomic E-state index is 12.5. The monoisotopic (exact) mass is 416 g/mol. The molecule has 2 rings (SSSR count). The second kappa shape index (κ2) is 9.42. The fourth-order valence-corrected chi connectivity index (χ4v) is 5.26. The number of carbonyl (C=O) groups excluding carboxylic acids is 3. The SMILES string of the molecule is C=CC(=C)CC[C@]1(C)[C@H]2C[C@@H](OC(=O)[C@H](C)CC)C=C(C=O)[C@@]2(C=O)[C@H](O)C[C@@H]1C. The number of carbonyl (C=O) groups is 3. The van der Waals surface area contributed by atoms with Crippen molar-refractivity contribution in [1.29, 1.82) is 0 Å². The van der Waals surface area contributed by atoms with Crippen molar-refractivity contribution in [3.05, 3.63) is 36.5 Å². The first-order chi connectivity index (χ1) is 14.1. The fourth-order valence-electron chi connectivity index (χ4n) is 5.26. The lowest BCUT2D eigenvalue weighted by Gasteiger charge is -2.59. The Kier molecular flexibility index (Phi) is 7.62. The van der Waals surface area contributed by atoms with Crippen LogP contribution >= 0.6 is 0 Å². The van der Waals surface area contributed by atoms with Crippen LogP contribution in [0, 0.1) is 28.6 Å². The molecule has 7 atom stereocenters. The van der Waals surface area contributed by atoms with E-state index >= 15 is 0 Å². The van der Waals surface area contributed by atoms with Crippen LogP contribution in [0.1, 0.15) is 59.8 Å². The van der Waals surface area contributed by atoms with E-state index in [0.717, 1.165) is 18.3 Å². The molecular formula is C25H36O5. The molecule has 2 aliphatic rings. The van der Waals surface area contributed by atoms with E-state index in [9.17, 15) is 19.5 Å². The zero-order valence-electron chi connectivity index (χ0n) is 18.7. The van der Waals surface area contributed by atoms with Gasteiger partial charge in [-0.1, -0.05) is 52.5 Å². The summed E-state index contributed by atoms with van der Waals surface area (Å²) in [5, 5.41) is 11.0. The molecule has 0 unspecified atom stereocenters. The number of hydrogen-bond donors (Lipinski definition) is 1. The van der Waals surface area contributed by atoms with Crippen LogP contribution in [0.15, 0.2) is 36.5 Å². The van der Waals surface area contributed by atoms with E-state index in [1.165, 1.54) is 0 Å². The van der Waals surface area contributed by atoms with Gasteiger partial charge in [0.05, 0.1) is 17.4 Å². The van der Waals surface area contributed by atoms with Crippen LogP contribution in [0.4, 0.5) is 0 Å². The van der Waals surface area contributed by atoms with Crippen LogP contribution in [0.2, 0.25) is 0 Å². The van der Waals surface area contributed by atoms with Crippen LogP contribution in [0.5, 0.6) is 0 Å². The molecule has 2 aliphatic carbocycles. The van der Waals surface area contributed by atoms with Gasteiger partial charge in [-0.15, -0.1) is 0 Å². The summed E-state index contributed by atoms with van der Waals surface area (Å²) in [6.45, 7) is 15.7. The van der Waals surface area contributed by atoms with Gasteiger partial charge in [-0.25, -0.2) is 0 Å². The third-order valence-electron chi connectivity index (χ3n) is 7.84. The van der Waals surface area contributed by atoms with Crippen LogP contribution < -0.4 is 0 Å². The summed E-state index contributed by atoms with van der Waals surface area (Å²) in [7, 11) is 0. The number of aldehydes is 2. The highest BCUT2D eigenvalue weighted by molar-refractivity contribution is 5.86. The summed E-state index contributed by atoms with van der Waals surface area (Å²) >= 11 is 0. The van der Waals surface area contributed by atoms with Crippen LogP contribution in [-0.2, 0) is 19.1 Å². The Morgan fingerprint density at radius 1 is 1.40 bits per heavy atom. The molecule has 5 heteroatoms. The Morgan fingerprint density at radius 3 is 2.60 bits per heavy atom. The summed E-state index contributed by atoms with van der Waals surface area (Å²) < 4.78 is 5.72. The number of aliphatic hydroxyl groups is 1. The number of rotatable bonds is 9. The topological polar surface area (TPSA) is 80.7 Å². The molecule has 1 N–H and O–H groups in total. The third kappa shape index (κ3) is 4.09. The van der Waals surface area contributed by atoms with Gasteiger partial charge in [0.25, 0.3) is 0 Å². The van der Waals surface area contributed by atoms with Gasteiger partial charge < -0.3 is 14.6 Å². The van der Waals surface area contributed by atoms with Crippen LogP contribution in [0.25, 0.3) is 0 Å². The van der Waals surface area contributed by atoms with E-state index in [-0.39, 0.29) is 34.7 Å². The summed E-state index contributed by atoms with van der Waals surface area (Å²) in [6, 6.07) is 0. The number of esters is 1. The molecule has 0 saturated heterocycles. The molecule has 5 nitrogen and oxygen atoms in total. The lowest BCUT2D eigenvalue weighted by Crippen LogP contribution is -2.60. The summed E-state index contributed by atoms with van der Waals surface area (Å²) in [5.74, 6) is -0.776. The second-order valence-corrected chi connectivity index (χ2v) is 9.38. The second-order valence-electron chi connectivity index (χ2n) is 9.38. The van der Waals surface area contributed by atoms with Gasteiger partial charge in [0.15, 0.2) is 0 Å². The van der Waals surface area contributed by atoms with Gasteiger partial charge in [-0.2, -0.15) is 0 Å². The molecule has 0 aromatic heterocycles. The first-order valence-corrected chi connectivity index (χ1v) is 10.9. The van der Waals surface area contributed by atoms with Gasteiger partial charge in [0.1, 0.15) is 18.7 Å². The molecule has 0 amide bonds. The van der Waals surface area contributed by atoms with Gasteiger partial charge >= 0.3 is 5.97 Å². The summed E-state index contributed by atoms with van der Waals surface area (Å²) in [4.78, 5) is 36.9. The predicted octanol–water partition coefficient (Wildman–Crippen LogP) is 4.20. The largest absolute Gasteiger partial charge is 0.458 e. The third-order valence-corrected chi connectivity index (χ3v) is 7.84. The number of hydrogen-bond acceptors (Lipinski definition) is 5. The van der Waals surface area contributed by atoms with Gasteiger partial charge in [0.2, 0.25) is 0 Å². The van der Waals surface area contributed by atoms with Crippen molar-refractivity contribution in [3.8, 4) is 0 Å². The molecule has 0 aromatic rings. The zero-order valence-corrected chi connectivity index (χ0v) is 18.7. The number of ether oxygens (including phenoxy) is 1. The highest BCUT2D eigenvalue weighted by atomic mass is 16.5. The fraction of sp³-hybridized carbons (Fsp3) is 0.640. The molecule has 30 heavy (non-hydrogen) atoms. The molecule has 0 heterocycles. The van der Waals surface area contributed by atoms with Crippen molar-refractivity contribution in [2.24, 2.45) is 28.6 Å². The first kappa shape index (κ1) is 24.3. The minimum atomic E-state index is -1.28. The number of fused-ring (bicyclic) bond motifs is 1. The van der Waals surface area contributed by atoms with Gasteiger partial charge in [-0.05, 0) is 55.4 Å². The van der Waals surface area contributed by atoms with Crippen molar-refractivity contribution in [2.45, 2.75) is 72.0 Å². The average molecular weight is 417 g/mol. The molecular weight excluding hydrogens is 380 g/mol. The van der Waals surface area contributed by atoms with E-state index in [4.69, 9.17) is 4.74 Å². The Balaban J connectivity index is 2.51. The predicted molar refractivity (Wildman–Crippen MR) is 117 cm³/mol. The van der Waals surface area contributed by atoms with Gasteiger partial charge in [-0.3, -0.25) is 9.59 Å². The molecule has 0 spiro atoms. The van der Waals surface area contributed by atoms with Crippen molar-refractivity contribution in [3.63, 3.8) is 0 Å². The standard InChI is InChI=1S/C25H36O5/c1-7-16(3)9-10-24(6)18(5)11-22(28)25(15-27)19(14-26)12-20(13-21(24)25)30-23(29)17(4)8-2/h7,12,14-15,17-18,20-22,28H,1,3,8-11,13H2,2,4-6H3/t17-,18+,20+,21-,22-,24+,25-/m1/s1. The Morgan fingerprint density at radius 2 is 2.07 bits per heavy atom. The van der Waals surface area contributed by atoms with Crippen LogP contribution in [0.3, 0.4) is 0 Å². The zero-order chi connectivity index (χ0) is 22.7. The highest BCUT2D eigenvalue weighted by Crippen LogP contribution is 2.61. The van der Waals surface area contributed by atoms with Gasteiger partial charge in [0, 0.05) is 5.57 Å². The van der Waals surface area contributed by atoms with E-state index in [1.54, 1.807) is 12.2 Å². The van der Waals surface area contributed by atoms with Crippen LogP contribution in [-0.4, -0.2) is 35.9 Å². The average Bonchev–Trinajstić information content (AvgIpc) is 2.74. The Hall–Kier alpha value is -2.01. The van der Waals surface area contributed by atoms with Crippen molar-refractivity contribution in [1.82, 2.24) is 0 Å². The molecule has 0 radical (unpaired) electrons. The molecule has 166 valence electrons. The quantitative estimate of drug-likeness (QED) is 0.346. The maximum atomic E-state index is 12.5. The highest BCUT2D eigenvalue weighted by Gasteiger charge is 2.62. The maximum Gasteiger partial charge on any atom is 0.309 e. The van der Waals surface area contributed by atoms with E-state index in [0.29, 0.717) is 32.0 Å². The van der Waals surface area contributed by atoms with Crippen molar-refractivity contribution in [2.75, 3.05) is 0 Å². The smallest absolute Gasteiger partial charge is 0.309 e. The Bertz CT molecular complexity index is 738. The molecule has 1 fully saturated rings. The number of aliphatic hydroxyl groups excluding tert-OH is 1. The first-order valence-electron chi connectivity index (χ1n) is 10.9. The van der Waals surface area contributed by atoms with Crippen molar-refractivity contribution >= 4 is 18.5 Å². The summed E-state index contributed by atoms with van der Waals surface area (Å²) in [5.41, 5.74) is -0.496. The minimum Gasteiger partial charge on any atom is -0.458 e. The van der Waals surface area contributed by atoms with E-state index in [1.807, 2.05) is 13.8 Å². The molecule has 0 aromatic carbocycles. The van der Waals surface area contributed by atoms with Crippen molar-refractivity contribution < 1.29 is 24.2 Å². The normalized spacial score (nSPS) is 36.6. The van der Waals surface area contributed by atoms with E-state index < -0.39 is 17.6 Å². The molecule has 0 aliphatic heterocycles. The molecule has 1 saturated carbocycles. The molecule has 0 bridgehead atoms. The lowest BCUT2D eigenvalue weighted by atomic mass is 9.45. The lowest BCUT2D eigenvalue weighted by molar-refractivity contribution is -0.167. The number of allylic oxidation sites excluding steroid dienone is 2. The Labute approximate surface area is 180 Å². The summed E-state index contributed by atoms with van der Waals surface area (Å²) in [6.07, 6.45) is 6.09.